The highest BCUT2D eigenvalue weighted by Gasteiger charge is 2.48. The molecule has 0 saturated heterocycles. The maximum Gasteiger partial charge on any atom is 0.140 e. The maximum atomic E-state index is 11.6. The predicted molar refractivity (Wildman–Crippen MR) is 54.0 cm³/mol. The fourth-order valence-electron chi connectivity index (χ4n) is 2.23. The Morgan fingerprint density at radius 3 is 2.36 bits per heavy atom. The molecule has 0 heterocycles. The Morgan fingerprint density at radius 1 is 1.36 bits per heavy atom. The van der Waals surface area contributed by atoms with Gasteiger partial charge in [0.1, 0.15) is 5.78 Å². The standard InChI is InChI=1S/C12H14O2/c1-9(13)12(7-11(14)8-12)10-5-3-2-4-6-10/h2-6,11,14H,7-8H2,1H3/t11-,12+. The zero-order chi connectivity index (χ0) is 10.2. The molecule has 0 atom stereocenters. The molecule has 0 amide bonds. The van der Waals surface area contributed by atoms with Gasteiger partial charge in [0.25, 0.3) is 0 Å². The van der Waals surface area contributed by atoms with Crippen LogP contribution >= 0.6 is 0 Å². The van der Waals surface area contributed by atoms with Gasteiger partial charge in [-0.25, -0.2) is 0 Å². The maximum absolute atomic E-state index is 11.6. The van der Waals surface area contributed by atoms with Crippen LogP contribution in [0.4, 0.5) is 0 Å². The Hall–Kier alpha value is -1.15. The third-order valence-electron chi connectivity index (χ3n) is 3.17. The number of aliphatic hydroxyl groups is 1. The van der Waals surface area contributed by atoms with Crippen molar-refractivity contribution in [3.63, 3.8) is 0 Å². The number of hydrogen-bond donors (Lipinski definition) is 1. The van der Waals surface area contributed by atoms with Gasteiger partial charge in [0.2, 0.25) is 0 Å². The lowest BCUT2D eigenvalue weighted by Crippen LogP contribution is -2.49. The van der Waals surface area contributed by atoms with Gasteiger partial charge in [0.05, 0.1) is 11.5 Å². The molecule has 0 spiro atoms. The van der Waals surface area contributed by atoms with E-state index in [-0.39, 0.29) is 11.9 Å². The molecule has 0 bridgehead atoms. The first kappa shape index (κ1) is 9.41. The van der Waals surface area contributed by atoms with Gasteiger partial charge in [-0.2, -0.15) is 0 Å². The van der Waals surface area contributed by atoms with Gasteiger partial charge in [-0.1, -0.05) is 30.3 Å². The van der Waals surface area contributed by atoms with E-state index in [0.29, 0.717) is 12.8 Å². The summed E-state index contributed by atoms with van der Waals surface area (Å²) in [5.74, 6) is 0.161. The molecule has 1 aromatic rings. The van der Waals surface area contributed by atoms with Crippen molar-refractivity contribution in [2.75, 3.05) is 0 Å². The summed E-state index contributed by atoms with van der Waals surface area (Å²) in [7, 11) is 0. The molecule has 74 valence electrons. The minimum Gasteiger partial charge on any atom is -0.393 e. The van der Waals surface area contributed by atoms with Gasteiger partial charge in [-0.05, 0) is 25.3 Å². The third kappa shape index (κ3) is 1.26. The lowest BCUT2D eigenvalue weighted by molar-refractivity contribution is -0.130. The van der Waals surface area contributed by atoms with Crippen molar-refractivity contribution in [3.8, 4) is 0 Å². The van der Waals surface area contributed by atoms with E-state index in [0.717, 1.165) is 5.56 Å². The third-order valence-corrected chi connectivity index (χ3v) is 3.17. The minimum atomic E-state index is -0.402. The summed E-state index contributed by atoms with van der Waals surface area (Å²) in [6.07, 6.45) is 0.845. The van der Waals surface area contributed by atoms with E-state index in [9.17, 15) is 9.90 Å². The molecule has 2 nitrogen and oxygen atoms in total. The molecule has 0 aromatic heterocycles. The molecular formula is C12H14O2. The minimum absolute atomic E-state index is 0.161. The highest BCUT2D eigenvalue weighted by molar-refractivity contribution is 5.89. The monoisotopic (exact) mass is 190 g/mol. The first-order chi connectivity index (χ1) is 6.65. The zero-order valence-electron chi connectivity index (χ0n) is 8.23. The summed E-state index contributed by atoms with van der Waals surface area (Å²) >= 11 is 0. The summed E-state index contributed by atoms with van der Waals surface area (Å²) in [4.78, 5) is 11.6. The Balaban J connectivity index is 2.34. The molecule has 1 aromatic carbocycles. The highest BCUT2D eigenvalue weighted by atomic mass is 16.3. The molecule has 0 unspecified atom stereocenters. The van der Waals surface area contributed by atoms with E-state index in [1.54, 1.807) is 6.92 Å². The topological polar surface area (TPSA) is 37.3 Å². The number of ketones is 1. The van der Waals surface area contributed by atoms with Crippen LogP contribution in [0.25, 0.3) is 0 Å². The van der Waals surface area contributed by atoms with Crippen molar-refractivity contribution in [1.82, 2.24) is 0 Å². The summed E-state index contributed by atoms with van der Waals surface area (Å²) in [6, 6.07) is 9.74. The second-order valence-corrected chi connectivity index (χ2v) is 4.07. The highest BCUT2D eigenvalue weighted by Crippen LogP contribution is 2.44. The lowest BCUT2D eigenvalue weighted by Gasteiger charge is -2.43. The van der Waals surface area contributed by atoms with Gasteiger partial charge in [0.15, 0.2) is 0 Å². The van der Waals surface area contributed by atoms with Crippen LogP contribution in [0, 0.1) is 0 Å². The van der Waals surface area contributed by atoms with Crippen LogP contribution in [0.3, 0.4) is 0 Å². The van der Waals surface area contributed by atoms with Crippen molar-refractivity contribution in [2.24, 2.45) is 0 Å². The molecule has 2 heteroatoms. The summed E-state index contributed by atoms with van der Waals surface area (Å²) in [6.45, 7) is 1.61. The van der Waals surface area contributed by atoms with E-state index in [1.807, 2.05) is 30.3 Å². The Labute approximate surface area is 83.6 Å². The van der Waals surface area contributed by atoms with E-state index in [4.69, 9.17) is 0 Å². The average molecular weight is 190 g/mol. The van der Waals surface area contributed by atoms with Crippen molar-refractivity contribution < 1.29 is 9.90 Å². The molecule has 0 radical (unpaired) electrons. The van der Waals surface area contributed by atoms with Crippen LogP contribution in [-0.4, -0.2) is 17.0 Å². The second-order valence-electron chi connectivity index (χ2n) is 4.07. The predicted octanol–water partition coefficient (Wildman–Crippen LogP) is 1.67. The quantitative estimate of drug-likeness (QED) is 0.770. The van der Waals surface area contributed by atoms with Gasteiger partial charge in [0, 0.05) is 0 Å². The molecule has 2 rings (SSSR count). The molecule has 1 aliphatic carbocycles. The van der Waals surface area contributed by atoms with Crippen molar-refractivity contribution in [3.05, 3.63) is 35.9 Å². The summed E-state index contributed by atoms with van der Waals surface area (Å²) in [5.41, 5.74) is 0.638. The normalized spacial score (nSPS) is 30.9. The SMILES string of the molecule is CC(=O)[C@]1(c2ccccc2)C[C@@H](O)C1. The fourth-order valence-corrected chi connectivity index (χ4v) is 2.23. The summed E-state index contributed by atoms with van der Waals surface area (Å²) < 4.78 is 0. The van der Waals surface area contributed by atoms with Crippen molar-refractivity contribution in [1.29, 1.82) is 0 Å². The lowest BCUT2D eigenvalue weighted by atomic mass is 9.60. The number of rotatable bonds is 2. The van der Waals surface area contributed by atoms with Gasteiger partial charge in [-0.15, -0.1) is 0 Å². The van der Waals surface area contributed by atoms with E-state index >= 15 is 0 Å². The molecule has 0 aliphatic heterocycles. The van der Waals surface area contributed by atoms with Gasteiger partial charge < -0.3 is 5.11 Å². The van der Waals surface area contributed by atoms with Crippen LogP contribution < -0.4 is 0 Å². The second kappa shape index (κ2) is 3.21. The van der Waals surface area contributed by atoms with Gasteiger partial charge >= 0.3 is 0 Å². The average Bonchev–Trinajstić information content (AvgIpc) is 2.13. The van der Waals surface area contributed by atoms with Gasteiger partial charge in [-0.3, -0.25) is 4.79 Å². The van der Waals surface area contributed by atoms with Crippen LogP contribution in [0.5, 0.6) is 0 Å². The van der Waals surface area contributed by atoms with E-state index in [1.165, 1.54) is 0 Å². The molecule has 1 aliphatic rings. The Bertz CT molecular complexity index is 337. The largest absolute Gasteiger partial charge is 0.393 e. The van der Waals surface area contributed by atoms with Crippen LogP contribution in [0.1, 0.15) is 25.3 Å². The Kier molecular flexibility index (Phi) is 2.16. The summed E-state index contributed by atoms with van der Waals surface area (Å²) in [5, 5.41) is 9.34. The molecule has 1 saturated carbocycles. The first-order valence-electron chi connectivity index (χ1n) is 4.90. The van der Waals surface area contributed by atoms with Crippen LogP contribution in [0.2, 0.25) is 0 Å². The van der Waals surface area contributed by atoms with Crippen LogP contribution in [-0.2, 0) is 10.2 Å². The number of carbonyl (C=O) groups is 1. The number of aliphatic hydroxyl groups excluding tert-OH is 1. The fraction of sp³-hybridized carbons (Fsp3) is 0.417. The molecule has 1 fully saturated rings. The van der Waals surface area contributed by atoms with Crippen molar-refractivity contribution in [2.45, 2.75) is 31.3 Å². The van der Waals surface area contributed by atoms with E-state index < -0.39 is 5.41 Å². The molecule has 1 N–H and O–H groups in total. The smallest absolute Gasteiger partial charge is 0.140 e. The van der Waals surface area contributed by atoms with Crippen molar-refractivity contribution >= 4 is 5.78 Å². The molecular weight excluding hydrogens is 176 g/mol. The number of benzene rings is 1. The zero-order valence-corrected chi connectivity index (χ0v) is 8.23. The van der Waals surface area contributed by atoms with Crippen LogP contribution in [0.15, 0.2) is 30.3 Å². The number of Topliss-reactive ketones (excluding diaryl/α,β-unsaturated/α-hetero) is 1. The number of carbonyl (C=O) groups excluding carboxylic acids is 1. The molecule has 14 heavy (non-hydrogen) atoms. The Morgan fingerprint density at radius 2 is 1.93 bits per heavy atom. The first-order valence-corrected chi connectivity index (χ1v) is 4.90. The van der Waals surface area contributed by atoms with E-state index in [2.05, 4.69) is 0 Å². The number of hydrogen-bond acceptors (Lipinski definition) is 2.